The van der Waals surface area contributed by atoms with Crippen molar-refractivity contribution in [1.29, 1.82) is 0 Å². The highest BCUT2D eigenvalue weighted by Crippen LogP contribution is 2.58. The van der Waals surface area contributed by atoms with Crippen LogP contribution >= 0.6 is 0 Å². The summed E-state index contributed by atoms with van der Waals surface area (Å²) in [6.45, 7) is 7.06. The minimum Gasteiger partial charge on any atom is -0.0622 e. The van der Waals surface area contributed by atoms with Crippen LogP contribution in [0.2, 0.25) is 0 Å². The lowest BCUT2D eigenvalue weighted by molar-refractivity contribution is 0.680. The van der Waals surface area contributed by atoms with Crippen molar-refractivity contribution in [2.75, 3.05) is 0 Å². The molecule has 0 spiro atoms. The fraction of sp³-hybridized carbons (Fsp3) is 0.500. The minimum atomic E-state index is 0.460. The Kier molecular flexibility index (Phi) is 1.54. The molecule has 1 saturated carbocycles. The summed E-state index contributed by atoms with van der Waals surface area (Å²) in [7, 11) is 0. The van der Waals surface area contributed by atoms with Crippen LogP contribution in [0.1, 0.15) is 26.3 Å². The first kappa shape index (κ1) is 7.85. The predicted octanol–water partition coefficient (Wildman–Crippen LogP) is 3.23. The van der Waals surface area contributed by atoms with Crippen molar-refractivity contribution in [3.63, 3.8) is 0 Å². The molecule has 3 atom stereocenters. The molecule has 0 aromatic heterocycles. The fourth-order valence-corrected chi connectivity index (χ4v) is 2.31. The van der Waals surface area contributed by atoms with Crippen LogP contribution in [0.5, 0.6) is 0 Å². The van der Waals surface area contributed by atoms with E-state index in [9.17, 15) is 0 Å². The Bertz CT molecular complexity index is 265. The highest BCUT2D eigenvalue weighted by atomic mass is 14.6. The van der Waals surface area contributed by atoms with E-state index >= 15 is 0 Å². The maximum atomic E-state index is 2.37. The molecule has 0 nitrogen and oxygen atoms in total. The van der Waals surface area contributed by atoms with Crippen molar-refractivity contribution < 1.29 is 0 Å². The normalized spacial score (nSPS) is 39.6. The maximum absolute atomic E-state index is 2.37. The van der Waals surface area contributed by atoms with Gasteiger partial charge in [-0.25, -0.2) is 0 Å². The Morgan fingerprint density at radius 3 is 1.92 bits per heavy atom. The first-order valence-corrected chi connectivity index (χ1v) is 4.73. The van der Waals surface area contributed by atoms with E-state index in [1.165, 1.54) is 5.56 Å². The first-order valence-electron chi connectivity index (χ1n) is 4.73. The van der Waals surface area contributed by atoms with E-state index in [2.05, 4.69) is 51.1 Å². The Morgan fingerprint density at radius 1 is 1.00 bits per heavy atom. The van der Waals surface area contributed by atoms with Gasteiger partial charge in [-0.1, -0.05) is 51.1 Å². The molecule has 1 aromatic carbocycles. The van der Waals surface area contributed by atoms with E-state index in [0.717, 1.165) is 11.8 Å². The maximum Gasteiger partial charge on any atom is -0.00184 e. The van der Waals surface area contributed by atoms with Gasteiger partial charge in [0, 0.05) is 0 Å². The van der Waals surface area contributed by atoms with Crippen LogP contribution in [0.4, 0.5) is 0 Å². The van der Waals surface area contributed by atoms with Crippen LogP contribution in [0.15, 0.2) is 30.3 Å². The van der Waals surface area contributed by atoms with Crippen LogP contribution in [0.25, 0.3) is 0 Å². The van der Waals surface area contributed by atoms with Gasteiger partial charge in [0.15, 0.2) is 0 Å². The van der Waals surface area contributed by atoms with Gasteiger partial charge in [-0.05, 0) is 22.8 Å². The molecule has 0 saturated heterocycles. The molecule has 0 bridgehead atoms. The van der Waals surface area contributed by atoms with Crippen molar-refractivity contribution in [3.05, 3.63) is 35.9 Å². The highest BCUT2D eigenvalue weighted by molar-refractivity contribution is 5.33. The molecular formula is C12H16. The summed E-state index contributed by atoms with van der Waals surface area (Å²) in [5.41, 5.74) is 1.96. The second-order valence-corrected chi connectivity index (χ2v) is 4.23. The average Bonchev–Trinajstić information content (AvgIpc) is 2.60. The zero-order chi connectivity index (χ0) is 8.77. The fourth-order valence-electron chi connectivity index (χ4n) is 2.31. The molecule has 0 heteroatoms. The Morgan fingerprint density at radius 2 is 1.50 bits per heavy atom. The Balaban J connectivity index is 2.34. The van der Waals surface area contributed by atoms with Crippen molar-refractivity contribution >= 4 is 0 Å². The molecule has 1 unspecified atom stereocenters. The third-order valence-corrected chi connectivity index (χ3v) is 3.93. The van der Waals surface area contributed by atoms with Gasteiger partial charge in [-0.2, -0.15) is 0 Å². The lowest BCUT2D eigenvalue weighted by atomic mass is 9.94. The smallest absolute Gasteiger partial charge is 0.00184 e. The topological polar surface area (TPSA) is 0 Å². The van der Waals surface area contributed by atoms with E-state index in [-0.39, 0.29) is 0 Å². The van der Waals surface area contributed by atoms with Crippen LogP contribution in [-0.2, 0) is 5.41 Å². The van der Waals surface area contributed by atoms with Gasteiger partial charge in [0.25, 0.3) is 0 Å². The molecule has 2 rings (SSSR count). The first-order chi connectivity index (χ1) is 5.67. The molecule has 0 heterocycles. The lowest BCUT2D eigenvalue weighted by Gasteiger charge is -2.10. The van der Waals surface area contributed by atoms with Crippen molar-refractivity contribution in [3.8, 4) is 0 Å². The average molecular weight is 160 g/mol. The van der Waals surface area contributed by atoms with Gasteiger partial charge in [0.2, 0.25) is 0 Å². The van der Waals surface area contributed by atoms with Crippen LogP contribution < -0.4 is 0 Å². The Labute approximate surface area is 74.6 Å². The zero-order valence-corrected chi connectivity index (χ0v) is 8.04. The van der Waals surface area contributed by atoms with Crippen LogP contribution in [-0.4, -0.2) is 0 Å². The summed E-state index contributed by atoms with van der Waals surface area (Å²) in [5.74, 6) is 1.69. The standard InChI is InChI=1S/C12H16/c1-9-10(2)12(9,3)11-7-5-4-6-8-11/h4-10H,1-3H3/t9-,10+,12?. The van der Waals surface area contributed by atoms with E-state index < -0.39 is 0 Å². The molecule has 1 aromatic rings. The summed E-state index contributed by atoms with van der Waals surface area (Å²) in [6.07, 6.45) is 0. The van der Waals surface area contributed by atoms with Gasteiger partial charge < -0.3 is 0 Å². The molecule has 0 aliphatic heterocycles. The molecule has 1 aliphatic carbocycles. The third-order valence-electron chi connectivity index (χ3n) is 3.93. The number of hydrogen-bond acceptors (Lipinski definition) is 0. The molecule has 1 aliphatic rings. The monoisotopic (exact) mass is 160 g/mol. The third kappa shape index (κ3) is 0.841. The van der Waals surface area contributed by atoms with Gasteiger partial charge in [0.05, 0.1) is 0 Å². The number of rotatable bonds is 1. The summed E-state index contributed by atoms with van der Waals surface area (Å²) in [5, 5.41) is 0. The predicted molar refractivity (Wildman–Crippen MR) is 52.1 cm³/mol. The van der Waals surface area contributed by atoms with Crippen molar-refractivity contribution in [2.45, 2.75) is 26.2 Å². The van der Waals surface area contributed by atoms with E-state index in [0.29, 0.717) is 5.41 Å². The molecule has 0 radical (unpaired) electrons. The lowest BCUT2D eigenvalue weighted by Crippen LogP contribution is -2.03. The molecule has 1 fully saturated rings. The summed E-state index contributed by atoms with van der Waals surface area (Å²) in [6, 6.07) is 10.9. The van der Waals surface area contributed by atoms with Gasteiger partial charge in [0.1, 0.15) is 0 Å². The molecule has 64 valence electrons. The molecule has 12 heavy (non-hydrogen) atoms. The van der Waals surface area contributed by atoms with Gasteiger partial charge in [-0.3, -0.25) is 0 Å². The Hall–Kier alpha value is -0.780. The van der Waals surface area contributed by atoms with Crippen molar-refractivity contribution in [2.24, 2.45) is 11.8 Å². The summed E-state index contributed by atoms with van der Waals surface area (Å²) >= 11 is 0. The second kappa shape index (κ2) is 2.35. The molecule has 0 N–H and O–H groups in total. The largest absolute Gasteiger partial charge is 0.0622 e. The van der Waals surface area contributed by atoms with Crippen LogP contribution in [0, 0.1) is 11.8 Å². The van der Waals surface area contributed by atoms with Crippen LogP contribution in [0.3, 0.4) is 0 Å². The van der Waals surface area contributed by atoms with E-state index in [4.69, 9.17) is 0 Å². The van der Waals surface area contributed by atoms with Gasteiger partial charge in [-0.15, -0.1) is 0 Å². The second-order valence-electron chi connectivity index (χ2n) is 4.23. The minimum absolute atomic E-state index is 0.460. The molecule has 0 amide bonds. The zero-order valence-electron chi connectivity index (χ0n) is 8.04. The van der Waals surface area contributed by atoms with E-state index in [1.807, 2.05) is 0 Å². The highest BCUT2D eigenvalue weighted by Gasteiger charge is 2.55. The summed E-state index contributed by atoms with van der Waals surface area (Å²) < 4.78 is 0. The van der Waals surface area contributed by atoms with Crippen molar-refractivity contribution in [1.82, 2.24) is 0 Å². The van der Waals surface area contributed by atoms with E-state index in [1.54, 1.807) is 0 Å². The number of benzene rings is 1. The number of hydrogen-bond donors (Lipinski definition) is 0. The quantitative estimate of drug-likeness (QED) is 0.591. The SMILES string of the molecule is C[C@@H]1[C@H](C)C1(C)c1ccccc1. The molecular weight excluding hydrogens is 144 g/mol. The summed E-state index contributed by atoms with van der Waals surface area (Å²) in [4.78, 5) is 0. The van der Waals surface area contributed by atoms with Gasteiger partial charge >= 0.3 is 0 Å².